The van der Waals surface area contributed by atoms with E-state index in [1.54, 1.807) is 6.07 Å². The summed E-state index contributed by atoms with van der Waals surface area (Å²) in [5.41, 5.74) is -0.0139. The van der Waals surface area contributed by atoms with Gasteiger partial charge in [-0.3, -0.25) is 4.79 Å². The molecule has 0 radical (unpaired) electrons. The second kappa shape index (κ2) is 6.10. The van der Waals surface area contributed by atoms with Crippen LogP contribution in [0.4, 0.5) is 13.2 Å². The molecule has 6 heteroatoms. The van der Waals surface area contributed by atoms with Gasteiger partial charge in [-0.05, 0) is 51.8 Å². The van der Waals surface area contributed by atoms with E-state index < -0.39 is 29.2 Å². The quantitative estimate of drug-likeness (QED) is 0.769. The summed E-state index contributed by atoms with van der Waals surface area (Å²) in [6, 6.07) is 7.71. The number of hydrogen-bond acceptors (Lipinski definition) is 2. The molecule has 2 aromatic carbocycles. The minimum atomic E-state index is -1.37. The Kier molecular flexibility index (Phi) is 4.43. The van der Waals surface area contributed by atoms with Gasteiger partial charge in [0.2, 0.25) is 0 Å². The van der Waals surface area contributed by atoms with Crippen LogP contribution in [0.3, 0.4) is 0 Å². The Morgan fingerprint density at radius 3 is 2.24 bits per heavy atom. The first-order chi connectivity index (χ1) is 9.92. The van der Waals surface area contributed by atoms with Gasteiger partial charge in [0.15, 0.2) is 5.78 Å². The van der Waals surface area contributed by atoms with Crippen LogP contribution in [0.5, 0.6) is 0 Å². The highest BCUT2D eigenvalue weighted by Gasteiger charge is 2.23. The monoisotopic (exact) mass is 353 g/mol. The second-order valence-corrected chi connectivity index (χ2v) is 5.11. The van der Waals surface area contributed by atoms with Crippen LogP contribution in [0.25, 0.3) is 0 Å². The summed E-state index contributed by atoms with van der Waals surface area (Å²) >= 11 is 2.93. The van der Waals surface area contributed by atoms with Gasteiger partial charge in [-0.15, -0.1) is 0 Å². The number of carbonyl (C=O) groups excluding carboxylic acids is 1. The Bertz CT molecular complexity index is 735. The number of nitriles is 1. The first kappa shape index (κ1) is 15.3. The van der Waals surface area contributed by atoms with Gasteiger partial charge in [0, 0.05) is 11.6 Å². The van der Waals surface area contributed by atoms with E-state index in [2.05, 4.69) is 15.9 Å². The van der Waals surface area contributed by atoms with Crippen molar-refractivity contribution in [2.75, 3.05) is 0 Å². The predicted octanol–water partition coefficient (Wildman–Crippen LogP) is 4.36. The maximum Gasteiger partial charge on any atom is 0.184 e. The van der Waals surface area contributed by atoms with Crippen molar-refractivity contribution in [2.45, 2.75) is 5.92 Å². The zero-order valence-corrected chi connectivity index (χ0v) is 12.0. The van der Waals surface area contributed by atoms with Crippen LogP contribution < -0.4 is 0 Å². The summed E-state index contributed by atoms with van der Waals surface area (Å²) in [5.74, 6) is -4.34. The average Bonchev–Trinajstić information content (AvgIpc) is 2.41. The van der Waals surface area contributed by atoms with E-state index in [9.17, 15) is 18.0 Å². The lowest BCUT2D eigenvalue weighted by atomic mass is 9.92. The van der Waals surface area contributed by atoms with Crippen molar-refractivity contribution in [1.82, 2.24) is 0 Å². The number of carbonyl (C=O) groups is 1. The van der Waals surface area contributed by atoms with Crippen LogP contribution in [0, 0.1) is 28.8 Å². The van der Waals surface area contributed by atoms with Crippen molar-refractivity contribution in [3.05, 3.63) is 69.4 Å². The van der Waals surface area contributed by atoms with Gasteiger partial charge in [0.05, 0.1) is 10.5 Å². The highest BCUT2D eigenvalue weighted by Crippen LogP contribution is 2.25. The van der Waals surface area contributed by atoms with Gasteiger partial charge >= 0.3 is 0 Å². The van der Waals surface area contributed by atoms with E-state index >= 15 is 0 Å². The lowest BCUT2D eigenvalue weighted by Crippen LogP contribution is -2.12. The fourth-order valence-corrected chi connectivity index (χ4v) is 2.22. The Morgan fingerprint density at radius 2 is 1.71 bits per heavy atom. The Morgan fingerprint density at radius 1 is 1.10 bits per heavy atom. The van der Waals surface area contributed by atoms with Crippen LogP contribution in [0.15, 0.2) is 40.9 Å². The number of hydrogen-bond donors (Lipinski definition) is 0. The molecule has 0 aliphatic heterocycles. The lowest BCUT2D eigenvalue weighted by molar-refractivity contribution is 0.0978. The molecule has 0 bridgehead atoms. The number of benzene rings is 2. The predicted molar refractivity (Wildman–Crippen MR) is 73.1 cm³/mol. The maximum absolute atomic E-state index is 13.2. The van der Waals surface area contributed by atoms with Crippen molar-refractivity contribution in [1.29, 1.82) is 5.26 Å². The molecule has 21 heavy (non-hydrogen) atoms. The molecule has 106 valence electrons. The Labute approximate surface area is 127 Å². The van der Waals surface area contributed by atoms with Gasteiger partial charge < -0.3 is 0 Å². The second-order valence-electron chi connectivity index (χ2n) is 4.26. The van der Waals surface area contributed by atoms with Crippen molar-refractivity contribution in [2.24, 2.45) is 0 Å². The SMILES string of the molecule is N#CC(C(=O)c1ccc(F)c(Br)c1)c1cc(F)cc(F)c1. The molecule has 2 nitrogen and oxygen atoms in total. The average molecular weight is 354 g/mol. The van der Waals surface area contributed by atoms with E-state index in [0.29, 0.717) is 6.07 Å². The molecule has 0 aliphatic rings. The summed E-state index contributed by atoms with van der Waals surface area (Å²) in [7, 11) is 0. The topological polar surface area (TPSA) is 40.9 Å². The molecular weight excluding hydrogens is 347 g/mol. The lowest BCUT2D eigenvalue weighted by Gasteiger charge is -2.09. The first-order valence-electron chi connectivity index (χ1n) is 5.77. The zero-order valence-electron chi connectivity index (χ0n) is 10.4. The molecule has 0 aromatic heterocycles. The summed E-state index contributed by atoms with van der Waals surface area (Å²) in [6.07, 6.45) is 0. The smallest absolute Gasteiger partial charge is 0.184 e. The standard InChI is InChI=1S/C15H7BrF3NO/c16-13-5-8(1-2-14(13)19)15(21)12(7-20)9-3-10(17)6-11(18)4-9/h1-6,12H. The van der Waals surface area contributed by atoms with Crippen molar-refractivity contribution < 1.29 is 18.0 Å². The number of nitrogens with zero attached hydrogens (tertiary/aromatic N) is 1. The van der Waals surface area contributed by atoms with Gasteiger partial charge in [0.1, 0.15) is 23.4 Å². The maximum atomic E-state index is 13.2. The molecular formula is C15H7BrF3NO. The van der Waals surface area contributed by atoms with Crippen molar-refractivity contribution >= 4 is 21.7 Å². The molecule has 2 aromatic rings. The molecule has 0 N–H and O–H groups in total. The highest BCUT2D eigenvalue weighted by atomic mass is 79.9. The number of rotatable bonds is 3. The summed E-state index contributed by atoms with van der Waals surface area (Å²) < 4.78 is 39.6. The van der Waals surface area contributed by atoms with E-state index in [4.69, 9.17) is 5.26 Å². The minimum absolute atomic E-state index is 0.0652. The number of Topliss-reactive ketones (excluding diaryl/α,β-unsaturated/α-hetero) is 1. The van der Waals surface area contributed by atoms with Crippen LogP contribution in [0.1, 0.15) is 21.8 Å². The Hall–Kier alpha value is -2.13. The van der Waals surface area contributed by atoms with Gasteiger partial charge in [-0.1, -0.05) is 0 Å². The van der Waals surface area contributed by atoms with Crippen molar-refractivity contribution in [3.8, 4) is 6.07 Å². The molecule has 1 unspecified atom stereocenters. The van der Waals surface area contributed by atoms with Gasteiger partial charge in [0.25, 0.3) is 0 Å². The molecule has 1 atom stereocenters. The normalized spacial score (nSPS) is 11.8. The fraction of sp³-hybridized carbons (Fsp3) is 0.0667. The summed E-state index contributed by atoms with van der Waals surface area (Å²) in [4.78, 5) is 12.3. The third-order valence-electron chi connectivity index (χ3n) is 2.81. The van der Waals surface area contributed by atoms with E-state index in [0.717, 1.165) is 18.2 Å². The van der Waals surface area contributed by atoms with Crippen molar-refractivity contribution in [3.63, 3.8) is 0 Å². The fourth-order valence-electron chi connectivity index (χ4n) is 1.84. The van der Waals surface area contributed by atoms with Crippen LogP contribution in [-0.2, 0) is 0 Å². The zero-order chi connectivity index (χ0) is 15.6. The van der Waals surface area contributed by atoms with Gasteiger partial charge in [-0.2, -0.15) is 5.26 Å². The largest absolute Gasteiger partial charge is 0.292 e. The molecule has 0 fully saturated rings. The number of ketones is 1. The Balaban J connectivity index is 2.43. The first-order valence-corrected chi connectivity index (χ1v) is 6.56. The van der Waals surface area contributed by atoms with E-state index in [1.165, 1.54) is 12.1 Å². The minimum Gasteiger partial charge on any atom is -0.292 e. The van der Waals surface area contributed by atoms with Crippen LogP contribution in [0.2, 0.25) is 0 Å². The van der Waals surface area contributed by atoms with E-state index in [-0.39, 0.29) is 15.6 Å². The summed E-state index contributed by atoms with van der Waals surface area (Å²) in [5, 5.41) is 9.12. The molecule has 0 amide bonds. The van der Waals surface area contributed by atoms with Crippen LogP contribution >= 0.6 is 15.9 Å². The molecule has 0 aliphatic carbocycles. The van der Waals surface area contributed by atoms with Crippen LogP contribution in [-0.4, -0.2) is 5.78 Å². The highest BCUT2D eigenvalue weighted by molar-refractivity contribution is 9.10. The third kappa shape index (κ3) is 3.31. The number of halogens is 4. The molecule has 0 saturated carbocycles. The molecule has 0 saturated heterocycles. The molecule has 0 heterocycles. The molecule has 2 rings (SSSR count). The van der Waals surface area contributed by atoms with E-state index in [1.807, 2.05) is 0 Å². The third-order valence-corrected chi connectivity index (χ3v) is 3.42. The summed E-state index contributed by atoms with van der Waals surface area (Å²) in [6.45, 7) is 0. The van der Waals surface area contributed by atoms with Gasteiger partial charge in [-0.25, -0.2) is 13.2 Å². The molecule has 0 spiro atoms.